The maximum atomic E-state index is 12.5. The van der Waals surface area contributed by atoms with Gasteiger partial charge in [-0.3, -0.25) is 4.79 Å². The van der Waals surface area contributed by atoms with Gasteiger partial charge in [-0.05, 0) is 54.8 Å². The predicted molar refractivity (Wildman–Crippen MR) is 90.5 cm³/mol. The Hall–Kier alpha value is -2.20. The number of anilines is 1. The molecule has 23 heavy (non-hydrogen) atoms. The first-order valence-corrected chi connectivity index (χ1v) is 7.82. The Balaban J connectivity index is 1.75. The quantitative estimate of drug-likeness (QED) is 0.929. The molecular weight excluding hydrogens is 314 g/mol. The van der Waals surface area contributed by atoms with Crippen molar-refractivity contribution in [1.82, 2.24) is 0 Å². The lowest BCUT2D eigenvalue weighted by Crippen LogP contribution is -2.32. The summed E-state index contributed by atoms with van der Waals surface area (Å²) in [5.41, 5.74) is 2.58. The number of benzene rings is 2. The zero-order valence-corrected chi connectivity index (χ0v) is 13.8. The molecular formula is C18H18ClNO3. The van der Waals surface area contributed by atoms with Gasteiger partial charge in [0.25, 0.3) is 0 Å². The molecule has 1 N–H and O–H groups in total. The highest BCUT2D eigenvalue weighted by molar-refractivity contribution is 6.31. The van der Waals surface area contributed by atoms with Crippen LogP contribution in [0.5, 0.6) is 11.5 Å². The number of hydrogen-bond acceptors (Lipinski definition) is 3. The molecule has 1 heterocycles. The molecule has 1 amide bonds. The van der Waals surface area contributed by atoms with E-state index in [0.717, 1.165) is 28.3 Å². The molecule has 1 aliphatic heterocycles. The zero-order valence-electron chi connectivity index (χ0n) is 13.1. The summed E-state index contributed by atoms with van der Waals surface area (Å²) in [4.78, 5) is 12.5. The third-order valence-corrected chi connectivity index (χ3v) is 4.48. The predicted octanol–water partition coefficient (Wildman–Crippen LogP) is 3.85. The van der Waals surface area contributed by atoms with Gasteiger partial charge in [-0.2, -0.15) is 0 Å². The summed E-state index contributed by atoms with van der Waals surface area (Å²) in [6, 6.07) is 11.1. The third-order valence-electron chi connectivity index (χ3n) is 4.07. The molecule has 0 spiro atoms. The SMILES string of the molecule is COc1ccc2c(c1)CC(C(=O)Nc1cccc(Cl)c1C)CO2. The van der Waals surface area contributed by atoms with Crippen molar-refractivity contribution in [3.05, 3.63) is 52.5 Å². The Morgan fingerprint density at radius 1 is 1.35 bits per heavy atom. The topological polar surface area (TPSA) is 47.6 Å². The van der Waals surface area contributed by atoms with Crippen molar-refractivity contribution in [3.8, 4) is 11.5 Å². The zero-order chi connectivity index (χ0) is 16.4. The Morgan fingerprint density at radius 2 is 2.17 bits per heavy atom. The van der Waals surface area contributed by atoms with Crippen LogP contribution in [-0.4, -0.2) is 19.6 Å². The Morgan fingerprint density at radius 3 is 2.96 bits per heavy atom. The van der Waals surface area contributed by atoms with Crippen molar-refractivity contribution in [3.63, 3.8) is 0 Å². The number of methoxy groups -OCH3 is 1. The van der Waals surface area contributed by atoms with Gasteiger partial charge in [0, 0.05) is 10.7 Å². The van der Waals surface area contributed by atoms with E-state index in [9.17, 15) is 4.79 Å². The summed E-state index contributed by atoms with van der Waals surface area (Å²) in [6.45, 7) is 2.25. The molecule has 0 saturated heterocycles. The Kier molecular flexibility index (Phi) is 4.44. The molecule has 0 bridgehead atoms. The van der Waals surface area contributed by atoms with E-state index >= 15 is 0 Å². The van der Waals surface area contributed by atoms with E-state index in [-0.39, 0.29) is 11.8 Å². The molecule has 0 aliphatic carbocycles. The first kappa shape index (κ1) is 15.7. The highest BCUT2D eigenvalue weighted by Crippen LogP contribution is 2.31. The van der Waals surface area contributed by atoms with E-state index in [4.69, 9.17) is 21.1 Å². The minimum atomic E-state index is -0.243. The van der Waals surface area contributed by atoms with Crippen molar-refractivity contribution < 1.29 is 14.3 Å². The second-order valence-corrected chi connectivity index (χ2v) is 5.99. The lowest BCUT2D eigenvalue weighted by atomic mass is 9.95. The fourth-order valence-electron chi connectivity index (χ4n) is 2.64. The van der Waals surface area contributed by atoms with Crippen LogP contribution in [0.4, 0.5) is 5.69 Å². The van der Waals surface area contributed by atoms with Crippen LogP contribution in [-0.2, 0) is 11.2 Å². The third kappa shape index (κ3) is 3.27. The van der Waals surface area contributed by atoms with E-state index in [2.05, 4.69) is 5.32 Å². The monoisotopic (exact) mass is 331 g/mol. The lowest BCUT2D eigenvalue weighted by Gasteiger charge is -2.25. The number of nitrogens with one attached hydrogen (secondary N) is 1. The van der Waals surface area contributed by atoms with Gasteiger partial charge >= 0.3 is 0 Å². The molecule has 0 aromatic heterocycles. The molecule has 120 valence electrons. The molecule has 0 fully saturated rings. The molecule has 3 rings (SSSR count). The normalized spacial score (nSPS) is 16.2. The summed E-state index contributed by atoms with van der Waals surface area (Å²) in [5, 5.41) is 3.58. The van der Waals surface area contributed by atoms with Crippen molar-refractivity contribution in [2.24, 2.45) is 5.92 Å². The average Bonchev–Trinajstić information content (AvgIpc) is 2.57. The molecule has 1 aliphatic rings. The molecule has 4 nitrogen and oxygen atoms in total. The summed E-state index contributed by atoms with van der Waals surface area (Å²) in [5.74, 6) is 1.27. The van der Waals surface area contributed by atoms with Crippen LogP contribution in [0.25, 0.3) is 0 Å². The number of rotatable bonds is 3. The van der Waals surface area contributed by atoms with E-state index in [0.29, 0.717) is 18.1 Å². The van der Waals surface area contributed by atoms with Gasteiger partial charge in [-0.25, -0.2) is 0 Å². The largest absolute Gasteiger partial charge is 0.497 e. The second kappa shape index (κ2) is 6.50. The lowest BCUT2D eigenvalue weighted by molar-refractivity contribution is -0.121. The first-order chi connectivity index (χ1) is 11.1. The van der Waals surface area contributed by atoms with Gasteiger partial charge in [0.15, 0.2) is 0 Å². The molecule has 1 unspecified atom stereocenters. The van der Waals surface area contributed by atoms with Crippen LogP contribution in [0.1, 0.15) is 11.1 Å². The van der Waals surface area contributed by atoms with E-state index in [1.807, 2.05) is 37.3 Å². The highest BCUT2D eigenvalue weighted by atomic mass is 35.5. The minimum Gasteiger partial charge on any atom is -0.497 e. The molecule has 0 saturated carbocycles. The van der Waals surface area contributed by atoms with Gasteiger partial charge in [0.1, 0.15) is 18.1 Å². The number of hydrogen-bond donors (Lipinski definition) is 1. The van der Waals surface area contributed by atoms with Crippen LogP contribution in [0.3, 0.4) is 0 Å². The van der Waals surface area contributed by atoms with Crippen LogP contribution in [0.2, 0.25) is 5.02 Å². The summed E-state index contributed by atoms with van der Waals surface area (Å²) < 4.78 is 10.9. The van der Waals surface area contributed by atoms with Crippen LogP contribution >= 0.6 is 11.6 Å². The van der Waals surface area contributed by atoms with Crippen LogP contribution in [0, 0.1) is 12.8 Å². The number of ether oxygens (including phenoxy) is 2. The highest BCUT2D eigenvalue weighted by Gasteiger charge is 2.26. The summed E-state index contributed by atoms with van der Waals surface area (Å²) in [7, 11) is 1.62. The smallest absolute Gasteiger partial charge is 0.231 e. The van der Waals surface area contributed by atoms with Crippen molar-refractivity contribution >= 4 is 23.2 Å². The van der Waals surface area contributed by atoms with Crippen LogP contribution in [0.15, 0.2) is 36.4 Å². The average molecular weight is 332 g/mol. The molecule has 0 radical (unpaired) electrons. The Labute approximate surface area is 140 Å². The molecule has 5 heteroatoms. The Bertz CT molecular complexity index is 745. The molecule has 1 atom stereocenters. The number of carbonyl (C=O) groups excluding carboxylic acids is 1. The fourth-order valence-corrected chi connectivity index (χ4v) is 2.82. The van der Waals surface area contributed by atoms with Crippen molar-refractivity contribution in [2.75, 3.05) is 19.0 Å². The van der Waals surface area contributed by atoms with E-state index in [1.165, 1.54) is 0 Å². The fraction of sp³-hybridized carbons (Fsp3) is 0.278. The number of halogens is 1. The van der Waals surface area contributed by atoms with Gasteiger partial charge in [-0.1, -0.05) is 17.7 Å². The van der Waals surface area contributed by atoms with Crippen molar-refractivity contribution in [1.29, 1.82) is 0 Å². The first-order valence-electron chi connectivity index (χ1n) is 7.44. The van der Waals surface area contributed by atoms with Crippen molar-refractivity contribution in [2.45, 2.75) is 13.3 Å². The maximum Gasteiger partial charge on any atom is 0.231 e. The second-order valence-electron chi connectivity index (χ2n) is 5.59. The summed E-state index contributed by atoms with van der Waals surface area (Å²) >= 11 is 6.09. The van der Waals surface area contributed by atoms with E-state index < -0.39 is 0 Å². The van der Waals surface area contributed by atoms with Gasteiger partial charge in [-0.15, -0.1) is 0 Å². The van der Waals surface area contributed by atoms with Gasteiger partial charge < -0.3 is 14.8 Å². The maximum absolute atomic E-state index is 12.5. The van der Waals surface area contributed by atoms with Gasteiger partial charge in [0.2, 0.25) is 5.91 Å². The van der Waals surface area contributed by atoms with E-state index in [1.54, 1.807) is 13.2 Å². The number of amides is 1. The number of carbonyl (C=O) groups is 1. The number of fused-ring (bicyclic) bond motifs is 1. The van der Waals surface area contributed by atoms with Gasteiger partial charge in [0.05, 0.1) is 13.0 Å². The molecule has 2 aromatic carbocycles. The summed E-state index contributed by atoms with van der Waals surface area (Å²) in [6.07, 6.45) is 0.623. The molecule has 2 aromatic rings. The minimum absolute atomic E-state index is 0.0659. The van der Waals surface area contributed by atoms with Crippen LogP contribution < -0.4 is 14.8 Å². The standard InChI is InChI=1S/C18H18ClNO3/c1-11-15(19)4-3-5-16(11)20-18(21)13-8-12-9-14(22-2)6-7-17(12)23-10-13/h3-7,9,13H,8,10H2,1-2H3,(H,20,21).